The summed E-state index contributed by atoms with van der Waals surface area (Å²) in [4.78, 5) is 27.5. The summed E-state index contributed by atoms with van der Waals surface area (Å²) in [5.74, 6) is 1.93. The summed E-state index contributed by atoms with van der Waals surface area (Å²) >= 11 is 0. The van der Waals surface area contributed by atoms with Crippen molar-refractivity contribution in [2.24, 2.45) is 0 Å². The molecule has 0 bridgehead atoms. The van der Waals surface area contributed by atoms with Gasteiger partial charge in [-0.2, -0.15) is 0 Å². The first-order valence-corrected chi connectivity index (χ1v) is 12.3. The van der Waals surface area contributed by atoms with Crippen LogP contribution < -0.4 is 4.74 Å². The van der Waals surface area contributed by atoms with Crippen molar-refractivity contribution < 1.29 is 9.53 Å². The minimum absolute atomic E-state index is 0.0514. The topological polar surface area (TPSA) is 58.6 Å². The molecule has 6 rings (SSSR count). The van der Waals surface area contributed by atoms with E-state index < -0.39 is 0 Å². The number of aryl methyl sites for hydroxylation is 1. The van der Waals surface area contributed by atoms with E-state index in [9.17, 15) is 4.79 Å². The third kappa shape index (κ3) is 3.96. The Morgan fingerprint density at radius 2 is 1.85 bits per heavy atom. The Kier molecular flexibility index (Phi) is 5.53. The lowest BCUT2D eigenvalue weighted by Crippen LogP contribution is -2.50. The van der Waals surface area contributed by atoms with Crippen molar-refractivity contribution >= 4 is 5.91 Å². The van der Waals surface area contributed by atoms with E-state index in [1.807, 2.05) is 42.6 Å². The van der Waals surface area contributed by atoms with E-state index in [1.54, 1.807) is 0 Å². The van der Waals surface area contributed by atoms with Gasteiger partial charge in [-0.3, -0.25) is 9.69 Å². The average Bonchev–Trinajstić information content (AvgIpc) is 3.08. The fourth-order valence-electron chi connectivity index (χ4n) is 5.82. The maximum atomic E-state index is 13.4. The Bertz CT molecular complexity index is 1190. The molecule has 1 saturated heterocycles. The molecule has 34 heavy (non-hydrogen) atoms. The first-order valence-electron chi connectivity index (χ1n) is 12.3. The molecule has 1 unspecified atom stereocenters. The lowest BCUT2D eigenvalue weighted by Gasteiger charge is -2.41. The van der Waals surface area contributed by atoms with Gasteiger partial charge in [-0.1, -0.05) is 48.5 Å². The van der Waals surface area contributed by atoms with Crippen LogP contribution in [-0.4, -0.2) is 58.5 Å². The van der Waals surface area contributed by atoms with E-state index in [2.05, 4.69) is 33.0 Å². The Balaban J connectivity index is 1.20. The van der Waals surface area contributed by atoms with E-state index in [1.165, 1.54) is 5.56 Å². The predicted octanol–water partition coefficient (Wildman–Crippen LogP) is 3.84. The quantitative estimate of drug-likeness (QED) is 0.602. The zero-order valence-corrected chi connectivity index (χ0v) is 19.4. The number of fused-ring (bicyclic) bond motifs is 3. The number of carbonyl (C=O) groups is 1. The number of amides is 1. The fourth-order valence-corrected chi connectivity index (χ4v) is 5.82. The molecule has 1 fully saturated rings. The average molecular weight is 455 g/mol. The summed E-state index contributed by atoms with van der Waals surface area (Å²) in [6, 6.07) is 18.3. The van der Waals surface area contributed by atoms with Crippen LogP contribution in [0.2, 0.25) is 0 Å². The Labute approximate surface area is 200 Å². The third-order valence-corrected chi connectivity index (χ3v) is 7.59. The molecular formula is C28H30N4O2. The largest absolute Gasteiger partial charge is 0.492 e. The SMILES string of the molecule is O=C(CN1CCOc2ccccc2C1)N1CCCC2(CCc3cnc(-c4ccccc4)nc32)C1. The molecule has 1 aromatic heterocycles. The number of para-hydroxylation sites is 1. The highest BCUT2D eigenvalue weighted by atomic mass is 16.5. The summed E-state index contributed by atoms with van der Waals surface area (Å²) in [6.07, 6.45) is 6.15. The van der Waals surface area contributed by atoms with Gasteiger partial charge in [0.2, 0.25) is 5.91 Å². The molecule has 2 aliphatic heterocycles. The number of nitrogens with zero attached hydrogens (tertiary/aromatic N) is 4. The highest BCUT2D eigenvalue weighted by Crippen LogP contribution is 2.44. The fraction of sp³-hybridized carbons (Fsp3) is 0.393. The van der Waals surface area contributed by atoms with Crippen LogP contribution in [0, 0.1) is 0 Å². The second-order valence-corrected chi connectivity index (χ2v) is 9.80. The Morgan fingerprint density at radius 1 is 1.00 bits per heavy atom. The molecule has 6 heteroatoms. The lowest BCUT2D eigenvalue weighted by atomic mass is 9.77. The van der Waals surface area contributed by atoms with Crippen LogP contribution >= 0.6 is 0 Å². The van der Waals surface area contributed by atoms with Gasteiger partial charge in [0, 0.05) is 48.9 Å². The number of piperidine rings is 1. The van der Waals surface area contributed by atoms with Crippen molar-refractivity contribution in [3.63, 3.8) is 0 Å². The van der Waals surface area contributed by atoms with Gasteiger partial charge in [0.1, 0.15) is 12.4 Å². The normalized spacial score (nSPS) is 22.1. The Hall–Kier alpha value is -3.25. The van der Waals surface area contributed by atoms with Crippen LogP contribution in [0.25, 0.3) is 11.4 Å². The second kappa shape index (κ2) is 8.84. The molecule has 2 aromatic carbocycles. The van der Waals surface area contributed by atoms with Gasteiger partial charge in [0.05, 0.1) is 12.2 Å². The highest BCUT2D eigenvalue weighted by Gasteiger charge is 2.44. The van der Waals surface area contributed by atoms with Gasteiger partial charge in [0.25, 0.3) is 0 Å². The first kappa shape index (κ1) is 21.3. The summed E-state index contributed by atoms with van der Waals surface area (Å²) in [7, 11) is 0. The molecule has 6 nitrogen and oxygen atoms in total. The van der Waals surface area contributed by atoms with Crippen LogP contribution in [0.5, 0.6) is 5.75 Å². The smallest absolute Gasteiger partial charge is 0.236 e. The molecule has 0 N–H and O–H groups in total. The molecule has 3 aliphatic rings. The van der Waals surface area contributed by atoms with Gasteiger partial charge < -0.3 is 9.64 Å². The second-order valence-electron chi connectivity index (χ2n) is 9.80. The molecule has 1 spiro atoms. The van der Waals surface area contributed by atoms with E-state index >= 15 is 0 Å². The summed E-state index contributed by atoms with van der Waals surface area (Å²) in [6.45, 7) is 4.13. The maximum Gasteiger partial charge on any atom is 0.236 e. The van der Waals surface area contributed by atoms with Crippen LogP contribution in [0.1, 0.15) is 36.1 Å². The minimum Gasteiger partial charge on any atom is -0.492 e. The molecule has 3 aromatic rings. The van der Waals surface area contributed by atoms with E-state index in [0.29, 0.717) is 13.2 Å². The number of carbonyl (C=O) groups excluding carboxylic acids is 1. The van der Waals surface area contributed by atoms with Gasteiger partial charge in [0.15, 0.2) is 5.82 Å². The van der Waals surface area contributed by atoms with Crippen molar-refractivity contribution in [1.82, 2.24) is 19.8 Å². The van der Waals surface area contributed by atoms with Crippen molar-refractivity contribution in [3.8, 4) is 17.1 Å². The summed E-state index contributed by atoms with van der Waals surface area (Å²) in [5.41, 5.74) is 4.55. The molecule has 1 amide bonds. The standard InChI is InChI=1S/C28H30N4O2/c33-25(19-31-15-16-34-24-10-5-4-9-23(24)18-31)32-14-6-12-28(20-32)13-11-22-17-29-27(30-26(22)28)21-7-2-1-3-8-21/h1-5,7-10,17H,6,11-16,18-20H2. The van der Waals surface area contributed by atoms with Crippen molar-refractivity contribution in [3.05, 3.63) is 77.6 Å². The number of likely N-dealkylation sites (tertiary alicyclic amines) is 1. The maximum absolute atomic E-state index is 13.4. The zero-order chi connectivity index (χ0) is 23.0. The number of hydrogen-bond acceptors (Lipinski definition) is 5. The number of ether oxygens (including phenoxy) is 1. The molecule has 1 aliphatic carbocycles. The van der Waals surface area contributed by atoms with Crippen molar-refractivity contribution in [1.29, 1.82) is 0 Å². The predicted molar refractivity (Wildman–Crippen MR) is 130 cm³/mol. The minimum atomic E-state index is -0.0514. The number of benzene rings is 2. The Morgan fingerprint density at radius 3 is 2.76 bits per heavy atom. The van der Waals surface area contributed by atoms with Gasteiger partial charge in [-0.15, -0.1) is 0 Å². The monoisotopic (exact) mass is 454 g/mol. The molecule has 1 atom stereocenters. The molecule has 0 radical (unpaired) electrons. The van der Waals surface area contributed by atoms with E-state index in [-0.39, 0.29) is 11.3 Å². The zero-order valence-electron chi connectivity index (χ0n) is 19.4. The van der Waals surface area contributed by atoms with Gasteiger partial charge >= 0.3 is 0 Å². The molecule has 174 valence electrons. The third-order valence-electron chi connectivity index (χ3n) is 7.59. The highest BCUT2D eigenvalue weighted by molar-refractivity contribution is 5.78. The van der Waals surface area contributed by atoms with Gasteiger partial charge in [-0.25, -0.2) is 9.97 Å². The summed E-state index contributed by atoms with van der Waals surface area (Å²) in [5, 5.41) is 0. The number of aromatic nitrogens is 2. The van der Waals surface area contributed by atoms with Crippen LogP contribution in [-0.2, 0) is 23.2 Å². The van der Waals surface area contributed by atoms with Crippen molar-refractivity contribution in [2.45, 2.75) is 37.6 Å². The molecule has 0 saturated carbocycles. The van der Waals surface area contributed by atoms with E-state index in [4.69, 9.17) is 9.72 Å². The number of hydrogen-bond donors (Lipinski definition) is 0. The van der Waals surface area contributed by atoms with Crippen LogP contribution in [0.15, 0.2) is 60.8 Å². The first-order chi connectivity index (χ1) is 16.7. The van der Waals surface area contributed by atoms with Crippen LogP contribution in [0.4, 0.5) is 0 Å². The van der Waals surface area contributed by atoms with Crippen LogP contribution in [0.3, 0.4) is 0 Å². The molecule has 3 heterocycles. The lowest BCUT2D eigenvalue weighted by molar-refractivity contribution is -0.134. The summed E-state index contributed by atoms with van der Waals surface area (Å²) < 4.78 is 5.89. The van der Waals surface area contributed by atoms with Gasteiger partial charge in [-0.05, 0) is 37.3 Å². The molecular weight excluding hydrogens is 424 g/mol. The van der Waals surface area contributed by atoms with Crippen molar-refractivity contribution in [2.75, 3.05) is 32.8 Å². The van der Waals surface area contributed by atoms with E-state index in [0.717, 1.165) is 80.3 Å². The number of rotatable bonds is 3.